The number of rotatable bonds is 5. The van der Waals surface area contributed by atoms with Crippen molar-refractivity contribution in [2.24, 2.45) is 5.73 Å². The lowest BCUT2D eigenvalue weighted by molar-refractivity contribution is 0.303. The van der Waals surface area contributed by atoms with E-state index in [9.17, 15) is 0 Å². The molecule has 0 saturated carbocycles. The first-order chi connectivity index (χ1) is 9.58. The van der Waals surface area contributed by atoms with Crippen molar-refractivity contribution in [3.05, 3.63) is 59.2 Å². The van der Waals surface area contributed by atoms with E-state index >= 15 is 0 Å². The summed E-state index contributed by atoms with van der Waals surface area (Å²) in [7, 11) is 1.60. The molecule has 0 aliphatic heterocycles. The molecule has 0 fully saturated rings. The highest BCUT2D eigenvalue weighted by atomic mass is 32.1. The fourth-order valence-electron chi connectivity index (χ4n) is 1.88. The molecule has 4 heteroatoms. The maximum atomic E-state index is 5.79. The van der Waals surface area contributed by atoms with Gasteiger partial charge in [-0.2, -0.15) is 0 Å². The molecule has 0 amide bonds. The van der Waals surface area contributed by atoms with Gasteiger partial charge in [0.2, 0.25) is 0 Å². The number of nitrogens with two attached hydrogens (primary N) is 1. The largest absolute Gasteiger partial charge is 0.497 e. The van der Waals surface area contributed by atoms with Crippen molar-refractivity contribution in [2.75, 3.05) is 7.11 Å². The second kappa shape index (κ2) is 6.39. The van der Waals surface area contributed by atoms with Crippen molar-refractivity contribution < 1.29 is 9.47 Å². The molecule has 3 nitrogen and oxygen atoms in total. The smallest absolute Gasteiger partial charge is 0.124 e. The third-order valence-corrected chi connectivity index (χ3v) is 3.12. The zero-order chi connectivity index (χ0) is 14.5. The van der Waals surface area contributed by atoms with Crippen LogP contribution >= 0.6 is 12.2 Å². The SMILES string of the molecule is COc1cc(OCc2cccc(C)c2)cc(C(N)=S)c1. The zero-order valence-electron chi connectivity index (χ0n) is 11.6. The maximum absolute atomic E-state index is 5.79. The Morgan fingerprint density at radius 2 is 1.90 bits per heavy atom. The fraction of sp³-hybridized carbons (Fsp3) is 0.188. The molecule has 0 aromatic heterocycles. The van der Waals surface area contributed by atoms with Crippen LogP contribution in [0.3, 0.4) is 0 Å². The summed E-state index contributed by atoms with van der Waals surface area (Å²) in [6.07, 6.45) is 0. The van der Waals surface area contributed by atoms with Crippen LogP contribution in [0.4, 0.5) is 0 Å². The average molecular weight is 287 g/mol. The standard InChI is InChI=1S/C16H17NO2S/c1-11-4-3-5-12(6-11)10-19-15-8-13(16(17)20)7-14(9-15)18-2/h3-9H,10H2,1-2H3,(H2,17,20). The Hall–Kier alpha value is -2.07. The van der Waals surface area contributed by atoms with Crippen LogP contribution in [0.5, 0.6) is 11.5 Å². The van der Waals surface area contributed by atoms with Crippen LogP contribution in [-0.2, 0) is 6.61 Å². The number of aryl methyl sites for hydroxylation is 1. The number of methoxy groups -OCH3 is 1. The lowest BCUT2D eigenvalue weighted by atomic mass is 10.1. The quantitative estimate of drug-likeness (QED) is 0.858. The van der Waals surface area contributed by atoms with E-state index in [2.05, 4.69) is 19.1 Å². The molecule has 0 heterocycles. The molecule has 0 unspecified atom stereocenters. The number of ether oxygens (including phenoxy) is 2. The third kappa shape index (κ3) is 3.71. The van der Waals surface area contributed by atoms with Crippen molar-refractivity contribution >= 4 is 17.2 Å². The van der Waals surface area contributed by atoms with Gasteiger partial charge in [0, 0.05) is 11.6 Å². The summed E-state index contributed by atoms with van der Waals surface area (Å²) in [6.45, 7) is 2.55. The van der Waals surface area contributed by atoms with E-state index in [-0.39, 0.29) is 0 Å². The Kier molecular flexibility index (Phi) is 4.58. The number of hydrogen-bond donors (Lipinski definition) is 1. The minimum absolute atomic E-state index is 0.323. The van der Waals surface area contributed by atoms with E-state index in [4.69, 9.17) is 27.4 Å². The summed E-state index contributed by atoms with van der Waals surface area (Å²) in [4.78, 5) is 0.323. The summed E-state index contributed by atoms with van der Waals surface area (Å²) in [6, 6.07) is 13.6. The summed E-state index contributed by atoms with van der Waals surface area (Å²) in [5, 5.41) is 0. The van der Waals surface area contributed by atoms with E-state index in [0.29, 0.717) is 23.1 Å². The third-order valence-electron chi connectivity index (χ3n) is 2.89. The molecule has 0 aliphatic carbocycles. The molecular weight excluding hydrogens is 270 g/mol. The van der Waals surface area contributed by atoms with Gasteiger partial charge in [-0.25, -0.2) is 0 Å². The second-order valence-electron chi connectivity index (χ2n) is 4.54. The topological polar surface area (TPSA) is 44.5 Å². The minimum atomic E-state index is 0.323. The minimum Gasteiger partial charge on any atom is -0.497 e. The summed E-state index contributed by atoms with van der Waals surface area (Å²) in [5.41, 5.74) is 8.71. The Bertz CT molecular complexity index is 626. The first-order valence-electron chi connectivity index (χ1n) is 6.25. The Balaban J connectivity index is 2.16. The van der Waals surface area contributed by atoms with Gasteiger partial charge >= 0.3 is 0 Å². The van der Waals surface area contributed by atoms with Gasteiger partial charge in [-0.1, -0.05) is 42.0 Å². The molecule has 0 bridgehead atoms. The van der Waals surface area contributed by atoms with E-state index in [1.165, 1.54) is 5.56 Å². The van der Waals surface area contributed by atoms with Crippen LogP contribution in [0.1, 0.15) is 16.7 Å². The van der Waals surface area contributed by atoms with Gasteiger partial charge < -0.3 is 15.2 Å². The predicted molar refractivity (Wildman–Crippen MR) is 84.4 cm³/mol. The molecule has 2 aromatic carbocycles. The Labute approximate surface area is 124 Å². The lowest BCUT2D eigenvalue weighted by Gasteiger charge is -2.10. The van der Waals surface area contributed by atoms with Gasteiger partial charge in [-0.05, 0) is 24.6 Å². The van der Waals surface area contributed by atoms with Crippen molar-refractivity contribution in [3.8, 4) is 11.5 Å². The molecule has 0 saturated heterocycles. The molecule has 2 aromatic rings. The Morgan fingerprint density at radius 3 is 2.55 bits per heavy atom. The van der Waals surface area contributed by atoms with Gasteiger partial charge in [0.25, 0.3) is 0 Å². The molecule has 2 N–H and O–H groups in total. The van der Waals surface area contributed by atoms with Crippen LogP contribution in [0.2, 0.25) is 0 Å². The molecule has 0 atom stereocenters. The van der Waals surface area contributed by atoms with E-state index in [0.717, 1.165) is 11.1 Å². The molecule has 20 heavy (non-hydrogen) atoms. The van der Waals surface area contributed by atoms with Crippen LogP contribution in [-0.4, -0.2) is 12.1 Å². The van der Waals surface area contributed by atoms with E-state index in [1.54, 1.807) is 13.2 Å². The first-order valence-corrected chi connectivity index (χ1v) is 6.66. The van der Waals surface area contributed by atoms with Gasteiger partial charge in [0.05, 0.1) is 7.11 Å². The number of benzene rings is 2. The summed E-state index contributed by atoms with van der Waals surface area (Å²) >= 11 is 4.99. The molecule has 0 aliphatic rings. The number of hydrogen-bond acceptors (Lipinski definition) is 3. The van der Waals surface area contributed by atoms with Crippen molar-refractivity contribution in [3.63, 3.8) is 0 Å². The highest BCUT2D eigenvalue weighted by molar-refractivity contribution is 7.80. The molecule has 0 spiro atoms. The summed E-state index contributed by atoms with van der Waals surface area (Å²) < 4.78 is 11.0. The molecular formula is C16H17NO2S. The van der Waals surface area contributed by atoms with E-state index in [1.807, 2.05) is 24.3 Å². The van der Waals surface area contributed by atoms with Crippen LogP contribution in [0.25, 0.3) is 0 Å². The van der Waals surface area contributed by atoms with Gasteiger partial charge in [-0.3, -0.25) is 0 Å². The van der Waals surface area contributed by atoms with Crippen molar-refractivity contribution in [1.82, 2.24) is 0 Å². The first kappa shape index (κ1) is 14.3. The van der Waals surface area contributed by atoms with Gasteiger partial charge in [0.15, 0.2) is 0 Å². The second-order valence-corrected chi connectivity index (χ2v) is 4.98. The number of thiocarbonyl (C=S) groups is 1. The normalized spacial score (nSPS) is 10.1. The summed E-state index contributed by atoms with van der Waals surface area (Å²) in [5.74, 6) is 1.36. The predicted octanol–water partition coefficient (Wildman–Crippen LogP) is 3.22. The monoisotopic (exact) mass is 287 g/mol. The van der Waals surface area contributed by atoms with E-state index < -0.39 is 0 Å². The lowest BCUT2D eigenvalue weighted by Crippen LogP contribution is -2.09. The van der Waals surface area contributed by atoms with Crippen LogP contribution < -0.4 is 15.2 Å². The van der Waals surface area contributed by atoms with Gasteiger partial charge in [0.1, 0.15) is 23.1 Å². The molecule has 2 rings (SSSR count). The van der Waals surface area contributed by atoms with Gasteiger partial charge in [-0.15, -0.1) is 0 Å². The van der Waals surface area contributed by atoms with Crippen LogP contribution in [0.15, 0.2) is 42.5 Å². The maximum Gasteiger partial charge on any atom is 0.124 e. The van der Waals surface area contributed by atoms with Crippen molar-refractivity contribution in [1.29, 1.82) is 0 Å². The van der Waals surface area contributed by atoms with Crippen molar-refractivity contribution in [2.45, 2.75) is 13.5 Å². The average Bonchev–Trinajstić information content (AvgIpc) is 2.45. The highest BCUT2D eigenvalue weighted by Crippen LogP contribution is 2.23. The highest BCUT2D eigenvalue weighted by Gasteiger charge is 2.05. The van der Waals surface area contributed by atoms with Crippen LogP contribution in [0, 0.1) is 6.92 Å². The Morgan fingerprint density at radius 1 is 1.15 bits per heavy atom. The molecule has 0 radical (unpaired) electrons. The molecule has 104 valence electrons. The zero-order valence-corrected chi connectivity index (χ0v) is 12.4. The fourth-order valence-corrected chi connectivity index (χ4v) is 2.00.